The van der Waals surface area contributed by atoms with E-state index in [0.29, 0.717) is 32.3 Å². The van der Waals surface area contributed by atoms with E-state index in [1.54, 1.807) is 6.92 Å². The molecule has 1 aromatic carbocycles. The molecule has 0 aliphatic carbocycles. The molecule has 0 amide bonds. The number of hydrogen-bond donors (Lipinski definition) is 0. The molecule has 0 aliphatic rings. The predicted octanol–water partition coefficient (Wildman–Crippen LogP) is 3.32. The van der Waals surface area contributed by atoms with E-state index >= 15 is 0 Å². The number of carbonyl (C=O) groups excluding carboxylic acids is 1. The van der Waals surface area contributed by atoms with Crippen LogP contribution >= 0.6 is 15.9 Å². The van der Waals surface area contributed by atoms with Crippen LogP contribution in [-0.2, 0) is 30.3 Å². The van der Waals surface area contributed by atoms with E-state index in [9.17, 15) is 13.2 Å². The predicted molar refractivity (Wildman–Crippen MR) is 92.6 cm³/mol. The maximum atomic E-state index is 12.1. The van der Waals surface area contributed by atoms with E-state index in [1.165, 1.54) is 0 Å². The van der Waals surface area contributed by atoms with Crippen LogP contribution in [0.5, 0.6) is 0 Å². The van der Waals surface area contributed by atoms with Gasteiger partial charge in [0.2, 0.25) is 0 Å². The molecule has 130 valence electrons. The molecule has 0 heterocycles. The van der Waals surface area contributed by atoms with Gasteiger partial charge in [-0.05, 0) is 37.8 Å². The summed E-state index contributed by atoms with van der Waals surface area (Å²) in [5.74, 6) is -0.459. The molecule has 23 heavy (non-hydrogen) atoms. The first kappa shape index (κ1) is 20.1. The molecule has 1 atom stereocenters. The van der Waals surface area contributed by atoms with Gasteiger partial charge >= 0.3 is 5.97 Å². The maximum Gasteiger partial charge on any atom is 0.309 e. The molecule has 0 aliphatic heterocycles. The monoisotopic (exact) mass is 406 g/mol. The molecule has 0 spiro atoms. The van der Waals surface area contributed by atoms with Crippen LogP contribution in [0.15, 0.2) is 28.7 Å². The Bertz CT molecular complexity index is 600. The van der Waals surface area contributed by atoms with E-state index in [4.69, 9.17) is 8.92 Å². The fraction of sp³-hybridized carbons (Fsp3) is 0.562. The molecule has 0 N–H and O–H groups in total. The summed E-state index contributed by atoms with van der Waals surface area (Å²) in [5.41, 5.74) is 1.05. The highest BCUT2D eigenvalue weighted by Crippen LogP contribution is 2.23. The lowest BCUT2D eigenvalue weighted by Crippen LogP contribution is -2.20. The van der Waals surface area contributed by atoms with Crippen molar-refractivity contribution in [2.24, 2.45) is 5.92 Å². The van der Waals surface area contributed by atoms with Gasteiger partial charge in [-0.2, -0.15) is 8.42 Å². The van der Waals surface area contributed by atoms with E-state index in [0.717, 1.165) is 16.3 Å². The molecule has 1 unspecified atom stereocenters. The molecule has 0 saturated heterocycles. The molecule has 0 saturated carbocycles. The van der Waals surface area contributed by atoms with E-state index in [1.807, 2.05) is 24.3 Å². The van der Waals surface area contributed by atoms with Crippen molar-refractivity contribution in [1.29, 1.82) is 0 Å². The summed E-state index contributed by atoms with van der Waals surface area (Å²) in [6, 6.07) is 7.78. The standard InChI is InChI=1S/C16H23BrO5S/c1-3-21-16(18)14(9-6-7-11-22-23(2,19)20)12-13-8-4-5-10-15(13)17/h4-5,8,10,14H,3,6-7,9,11-12H2,1-2H3. The first-order valence-electron chi connectivity index (χ1n) is 7.58. The quantitative estimate of drug-likeness (QED) is 0.338. The first-order chi connectivity index (χ1) is 10.8. The number of benzene rings is 1. The van der Waals surface area contributed by atoms with Gasteiger partial charge in [-0.25, -0.2) is 0 Å². The Labute approximate surface area is 146 Å². The van der Waals surface area contributed by atoms with Gasteiger partial charge in [-0.1, -0.05) is 40.5 Å². The van der Waals surface area contributed by atoms with Crippen LogP contribution in [0.25, 0.3) is 0 Å². The summed E-state index contributed by atoms with van der Waals surface area (Å²) >= 11 is 3.49. The Hall–Kier alpha value is -0.920. The number of carbonyl (C=O) groups is 1. The number of rotatable bonds is 10. The lowest BCUT2D eigenvalue weighted by atomic mass is 9.94. The van der Waals surface area contributed by atoms with Crippen LogP contribution in [0.3, 0.4) is 0 Å². The van der Waals surface area contributed by atoms with Crippen molar-refractivity contribution in [2.45, 2.75) is 32.6 Å². The summed E-state index contributed by atoms with van der Waals surface area (Å²) in [4.78, 5) is 12.1. The highest BCUT2D eigenvalue weighted by atomic mass is 79.9. The third kappa shape index (κ3) is 8.48. The van der Waals surface area contributed by atoms with Gasteiger partial charge < -0.3 is 4.74 Å². The number of unbranched alkanes of at least 4 members (excludes halogenated alkanes) is 1. The first-order valence-corrected chi connectivity index (χ1v) is 10.2. The maximum absolute atomic E-state index is 12.1. The zero-order valence-electron chi connectivity index (χ0n) is 13.5. The minimum Gasteiger partial charge on any atom is -0.466 e. The van der Waals surface area contributed by atoms with Crippen molar-refractivity contribution in [1.82, 2.24) is 0 Å². The average Bonchev–Trinajstić information content (AvgIpc) is 2.46. The highest BCUT2D eigenvalue weighted by molar-refractivity contribution is 9.10. The van der Waals surface area contributed by atoms with Crippen molar-refractivity contribution in [3.05, 3.63) is 34.3 Å². The summed E-state index contributed by atoms with van der Waals surface area (Å²) in [6.45, 7) is 2.28. The second-order valence-corrected chi connectivity index (χ2v) is 7.76. The molecule has 0 fully saturated rings. The van der Waals surface area contributed by atoms with Crippen LogP contribution in [-0.4, -0.2) is 33.9 Å². The number of hydrogen-bond acceptors (Lipinski definition) is 5. The van der Waals surface area contributed by atoms with Crippen molar-refractivity contribution in [3.63, 3.8) is 0 Å². The molecule has 1 aromatic rings. The zero-order chi connectivity index (χ0) is 17.3. The molecular weight excluding hydrogens is 384 g/mol. The van der Waals surface area contributed by atoms with Crippen molar-refractivity contribution >= 4 is 32.0 Å². The Kier molecular flexibility index (Phi) is 8.79. The Balaban J connectivity index is 2.56. The SMILES string of the molecule is CCOC(=O)C(CCCCOS(C)(=O)=O)Cc1ccccc1Br. The lowest BCUT2D eigenvalue weighted by Gasteiger charge is -2.16. The van der Waals surface area contributed by atoms with Crippen LogP contribution in [0.1, 0.15) is 31.7 Å². The second kappa shape index (κ2) is 10.1. The summed E-state index contributed by atoms with van der Waals surface area (Å²) < 4.78 is 32.6. The molecule has 1 rings (SSSR count). The molecule has 0 aromatic heterocycles. The molecule has 0 radical (unpaired) electrons. The highest BCUT2D eigenvalue weighted by Gasteiger charge is 2.21. The second-order valence-electron chi connectivity index (χ2n) is 5.27. The largest absolute Gasteiger partial charge is 0.466 e. The van der Waals surface area contributed by atoms with Gasteiger partial charge in [-0.15, -0.1) is 0 Å². The van der Waals surface area contributed by atoms with E-state index in [2.05, 4.69) is 15.9 Å². The van der Waals surface area contributed by atoms with E-state index in [-0.39, 0.29) is 18.5 Å². The van der Waals surface area contributed by atoms with Gasteiger partial charge in [-0.3, -0.25) is 8.98 Å². The fourth-order valence-corrected chi connectivity index (χ4v) is 3.06. The van der Waals surface area contributed by atoms with Crippen LogP contribution in [0, 0.1) is 5.92 Å². The van der Waals surface area contributed by atoms with E-state index < -0.39 is 10.1 Å². The van der Waals surface area contributed by atoms with Crippen molar-refractivity contribution in [3.8, 4) is 0 Å². The van der Waals surface area contributed by atoms with Gasteiger partial charge in [0.25, 0.3) is 10.1 Å². The summed E-state index contributed by atoms with van der Waals surface area (Å²) in [5, 5.41) is 0. The Morgan fingerprint density at radius 2 is 1.96 bits per heavy atom. The third-order valence-corrected chi connectivity index (χ3v) is 4.66. The number of esters is 1. The fourth-order valence-electron chi connectivity index (χ4n) is 2.20. The molecular formula is C16H23BrO5S. The van der Waals surface area contributed by atoms with Crippen LogP contribution < -0.4 is 0 Å². The topological polar surface area (TPSA) is 69.7 Å². The van der Waals surface area contributed by atoms with Crippen LogP contribution in [0.2, 0.25) is 0 Å². The van der Waals surface area contributed by atoms with Gasteiger partial charge in [0.15, 0.2) is 0 Å². The minimum atomic E-state index is -3.40. The summed E-state index contributed by atoms with van der Waals surface area (Å²) in [7, 11) is -3.40. The van der Waals surface area contributed by atoms with Crippen molar-refractivity contribution in [2.75, 3.05) is 19.5 Å². The average molecular weight is 407 g/mol. The molecule has 7 heteroatoms. The Morgan fingerprint density at radius 1 is 1.26 bits per heavy atom. The molecule has 0 bridgehead atoms. The summed E-state index contributed by atoms with van der Waals surface area (Å²) in [6.07, 6.45) is 3.53. The van der Waals surface area contributed by atoms with Gasteiger partial charge in [0.05, 0.1) is 25.4 Å². The van der Waals surface area contributed by atoms with Gasteiger partial charge in [0.1, 0.15) is 0 Å². The zero-order valence-corrected chi connectivity index (χ0v) is 15.9. The van der Waals surface area contributed by atoms with Crippen LogP contribution in [0.4, 0.5) is 0 Å². The normalized spacial score (nSPS) is 12.8. The van der Waals surface area contributed by atoms with Gasteiger partial charge in [0, 0.05) is 4.47 Å². The lowest BCUT2D eigenvalue weighted by molar-refractivity contribution is -0.148. The van der Waals surface area contributed by atoms with Crippen molar-refractivity contribution < 1.29 is 22.1 Å². The molecule has 5 nitrogen and oxygen atoms in total. The third-order valence-electron chi connectivity index (χ3n) is 3.29. The number of halogens is 1. The number of ether oxygens (including phenoxy) is 1. The smallest absolute Gasteiger partial charge is 0.309 e. The minimum absolute atomic E-state index is 0.142. The Morgan fingerprint density at radius 3 is 2.57 bits per heavy atom.